The number of aryl methyl sites for hydroxylation is 1. The van der Waals surface area contributed by atoms with Gasteiger partial charge in [-0.2, -0.15) is 0 Å². The molecule has 1 spiro atoms. The molecular formula is C26H29FN2O3. The van der Waals surface area contributed by atoms with Crippen LogP contribution in [0.4, 0.5) is 4.39 Å². The van der Waals surface area contributed by atoms with Crippen molar-refractivity contribution in [2.24, 2.45) is 5.41 Å². The summed E-state index contributed by atoms with van der Waals surface area (Å²) in [6.45, 7) is 3.67. The minimum atomic E-state index is -0.924. The molecule has 1 aromatic heterocycles. The quantitative estimate of drug-likeness (QED) is 0.543. The third kappa shape index (κ3) is 3.56. The lowest BCUT2D eigenvalue weighted by molar-refractivity contribution is -0.0560. The number of piperidine rings is 1. The molecular weight excluding hydrogens is 407 g/mol. The van der Waals surface area contributed by atoms with Gasteiger partial charge in [-0.15, -0.1) is 0 Å². The molecule has 32 heavy (non-hydrogen) atoms. The zero-order valence-electron chi connectivity index (χ0n) is 18.5. The summed E-state index contributed by atoms with van der Waals surface area (Å²) in [5, 5.41) is 10.4. The lowest BCUT2D eigenvalue weighted by atomic mass is 9.60. The number of aromatic nitrogens is 1. The van der Waals surface area contributed by atoms with Crippen LogP contribution in [-0.2, 0) is 6.54 Å². The van der Waals surface area contributed by atoms with Crippen LogP contribution >= 0.6 is 0 Å². The van der Waals surface area contributed by atoms with Gasteiger partial charge >= 0.3 is 5.97 Å². The van der Waals surface area contributed by atoms with E-state index in [0.717, 1.165) is 59.3 Å². The number of hydrogen-bond acceptors (Lipinski definition) is 3. The number of aromatic amines is 1. The molecule has 0 amide bonds. The number of aromatic carboxylic acids is 1. The number of alkyl halides is 1. The maximum Gasteiger partial charge on any atom is 0.335 e. The predicted molar refractivity (Wildman–Crippen MR) is 122 cm³/mol. The van der Waals surface area contributed by atoms with E-state index < -0.39 is 12.1 Å². The van der Waals surface area contributed by atoms with Crippen molar-refractivity contribution in [3.8, 4) is 5.75 Å². The number of carboxylic acid groups (broad SMARTS) is 1. The van der Waals surface area contributed by atoms with Gasteiger partial charge in [0.25, 0.3) is 0 Å². The minimum Gasteiger partial charge on any atom is -0.496 e. The number of methoxy groups -OCH3 is 1. The van der Waals surface area contributed by atoms with Gasteiger partial charge < -0.3 is 14.8 Å². The Balaban J connectivity index is 1.50. The maximum absolute atomic E-state index is 13.8. The summed E-state index contributed by atoms with van der Waals surface area (Å²) in [7, 11) is 1.71. The van der Waals surface area contributed by atoms with Gasteiger partial charge in [-0.05, 0) is 80.0 Å². The Morgan fingerprint density at radius 1 is 1.25 bits per heavy atom. The van der Waals surface area contributed by atoms with E-state index in [0.29, 0.717) is 12.8 Å². The van der Waals surface area contributed by atoms with Gasteiger partial charge in [0.2, 0.25) is 0 Å². The number of rotatable bonds is 5. The number of hydrogen-bond donors (Lipinski definition) is 2. The average molecular weight is 437 g/mol. The van der Waals surface area contributed by atoms with Crippen LogP contribution in [0, 0.1) is 12.3 Å². The number of carboxylic acids is 1. The van der Waals surface area contributed by atoms with Gasteiger partial charge in [0.1, 0.15) is 11.9 Å². The highest BCUT2D eigenvalue weighted by atomic mass is 19.1. The summed E-state index contributed by atoms with van der Waals surface area (Å²) in [6.07, 6.45) is 4.43. The van der Waals surface area contributed by atoms with Crippen molar-refractivity contribution in [2.45, 2.75) is 51.4 Å². The number of ether oxygens (including phenoxy) is 1. The second kappa shape index (κ2) is 7.93. The molecule has 2 aliphatic rings. The molecule has 1 saturated heterocycles. The first-order chi connectivity index (χ1) is 15.4. The van der Waals surface area contributed by atoms with Crippen molar-refractivity contribution in [3.05, 3.63) is 64.8 Å². The topological polar surface area (TPSA) is 65.6 Å². The molecule has 6 heteroatoms. The largest absolute Gasteiger partial charge is 0.496 e. The number of halogens is 1. The van der Waals surface area contributed by atoms with Crippen molar-refractivity contribution in [1.29, 1.82) is 0 Å². The minimum absolute atomic E-state index is 0.0623. The highest BCUT2D eigenvalue weighted by molar-refractivity contribution is 5.88. The normalized spacial score (nSPS) is 25.7. The molecule has 1 aliphatic carbocycles. The molecule has 0 radical (unpaired) electrons. The number of fused-ring (bicyclic) bond motifs is 1. The van der Waals surface area contributed by atoms with Crippen LogP contribution in [0.3, 0.4) is 0 Å². The summed E-state index contributed by atoms with van der Waals surface area (Å²) in [5.41, 5.74) is 4.85. The van der Waals surface area contributed by atoms with Crippen molar-refractivity contribution in [2.75, 3.05) is 13.7 Å². The molecule has 2 fully saturated rings. The van der Waals surface area contributed by atoms with Crippen molar-refractivity contribution < 1.29 is 19.0 Å². The first-order valence-corrected chi connectivity index (χ1v) is 11.2. The van der Waals surface area contributed by atoms with Crippen LogP contribution in [0.5, 0.6) is 5.75 Å². The molecule has 168 valence electrons. The summed E-state index contributed by atoms with van der Waals surface area (Å²) >= 11 is 0. The third-order valence-corrected chi connectivity index (χ3v) is 7.54. The van der Waals surface area contributed by atoms with E-state index in [-0.39, 0.29) is 17.0 Å². The summed E-state index contributed by atoms with van der Waals surface area (Å²) in [5.74, 6) is -0.0469. The molecule has 2 aromatic carbocycles. The molecule has 0 unspecified atom stereocenters. The maximum atomic E-state index is 13.8. The second-order valence-electron chi connectivity index (χ2n) is 9.51. The van der Waals surface area contributed by atoms with Gasteiger partial charge in [0.15, 0.2) is 0 Å². The lowest BCUT2D eigenvalue weighted by Crippen LogP contribution is -2.49. The van der Waals surface area contributed by atoms with Crippen LogP contribution in [0.2, 0.25) is 0 Å². The van der Waals surface area contributed by atoms with Gasteiger partial charge in [0.05, 0.1) is 12.7 Å². The Hall–Kier alpha value is -2.86. The monoisotopic (exact) mass is 436 g/mol. The van der Waals surface area contributed by atoms with Crippen LogP contribution < -0.4 is 4.74 Å². The average Bonchev–Trinajstić information content (AvgIpc) is 3.26. The number of nitrogens with one attached hydrogen (secondary N) is 1. The third-order valence-electron chi connectivity index (χ3n) is 7.54. The second-order valence-corrected chi connectivity index (χ2v) is 9.51. The zero-order chi connectivity index (χ0) is 22.5. The van der Waals surface area contributed by atoms with Crippen molar-refractivity contribution in [3.63, 3.8) is 0 Å². The van der Waals surface area contributed by atoms with E-state index in [1.54, 1.807) is 19.2 Å². The SMILES string of the molecule is COc1cc(C)c2[nH]ccc2c1CN1CCC2(CC(F)C2)C[C@@H]1c1ccc(C(=O)O)cc1. The molecule has 5 rings (SSSR count). The highest BCUT2D eigenvalue weighted by Crippen LogP contribution is 2.55. The Labute approximate surface area is 187 Å². The van der Waals surface area contributed by atoms with E-state index in [1.165, 1.54) is 0 Å². The lowest BCUT2D eigenvalue weighted by Gasteiger charge is -2.53. The van der Waals surface area contributed by atoms with E-state index in [1.807, 2.05) is 18.3 Å². The number of nitrogens with zero attached hydrogens (tertiary/aromatic N) is 1. The Bertz CT molecular complexity index is 1150. The number of benzene rings is 2. The fourth-order valence-corrected chi connectivity index (χ4v) is 5.78. The van der Waals surface area contributed by atoms with Gasteiger partial charge in [-0.3, -0.25) is 4.90 Å². The first-order valence-electron chi connectivity index (χ1n) is 11.2. The van der Waals surface area contributed by atoms with Crippen LogP contribution in [0.1, 0.15) is 58.8 Å². The van der Waals surface area contributed by atoms with Crippen molar-refractivity contribution >= 4 is 16.9 Å². The fraction of sp³-hybridized carbons (Fsp3) is 0.423. The van der Waals surface area contributed by atoms with Gasteiger partial charge in [-0.25, -0.2) is 9.18 Å². The number of carbonyl (C=O) groups is 1. The Morgan fingerprint density at radius 2 is 2.00 bits per heavy atom. The molecule has 5 nitrogen and oxygen atoms in total. The summed E-state index contributed by atoms with van der Waals surface area (Å²) in [4.78, 5) is 17.1. The molecule has 2 N–H and O–H groups in total. The molecule has 1 saturated carbocycles. The zero-order valence-corrected chi connectivity index (χ0v) is 18.5. The standard InChI is InChI=1S/C26H29FN2O3/c1-16-11-23(32-2)21(20-7-9-28-24(16)20)15-29-10-8-26(12-19(27)13-26)14-22(29)17-3-5-18(6-4-17)25(30)31/h3-7,9,11,19,22,28H,8,10,12-15H2,1-2H3,(H,30,31)/t19?,22-,26?/m1/s1. The van der Waals surface area contributed by atoms with Crippen LogP contribution in [0.15, 0.2) is 42.6 Å². The first kappa shape index (κ1) is 21.0. The van der Waals surface area contributed by atoms with Crippen molar-refractivity contribution in [1.82, 2.24) is 9.88 Å². The summed E-state index contributed by atoms with van der Waals surface area (Å²) < 4.78 is 19.6. The smallest absolute Gasteiger partial charge is 0.335 e. The molecule has 2 heterocycles. The molecule has 1 atom stereocenters. The van der Waals surface area contributed by atoms with E-state index in [4.69, 9.17) is 4.74 Å². The Morgan fingerprint density at radius 3 is 2.66 bits per heavy atom. The summed E-state index contributed by atoms with van der Waals surface area (Å²) in [6, 6.07) is 11.5. The predicted octanol–water partition coefficient (Wildman–Crippen LogP) is 5.64. The fourth-order valence-electron chi connectivity index (χ4n) is 5.78. The number of likely N-dealkylation sites (tertiary alicyclic amines) is 1. The molecule has 0 bridgehead atoms. The van der Waals surface area contributed by atoms with Gasteiger partial charge in [0, 0.05) is 35.2 Å². The Kier molecular flexibility index (Phi) is 5.20. The van der Waals surface area contributed by atoms with E-state index in [9.17, 15) is 14.3 Å². The molecule has 1 aliphatic heterocycles. The van der Waals surface area contributed by atoms with Gasteiger partial charge in [-0.1, -0.05) is 12.1 Å². The number of H-pyrrole nitrogens is 1. The molecule has 3 aromatic rings. The highest BCUT2D eigenvalue weighted by Gasteiger charge is 2.49. The van der Waals surface area contributed by atoms with Crippen LogP contribution in [0.25, 0.3) is 10.9 Å². The van der Waals surface area contributed by atoms with E-state index in [2.05, 4.69) is 28.9 Å². The van der Waals surface area contributed by atoms with Crippen LogP contribution in [-0.4, -0.2) is 40.8 Å². The van der Waals surface area contributed by atoms with E-state index >= 15 is 0 Å².